The molecule has 0 atom stereocenters. The van der Waals surface area contributed by atoms with E-state index in [1.807, 2.05) is 49.2 Å². The summed E-state index contributed by atoms with van der Waals surface area (Å²) >= 11 is 1.63. The first-order valence-corrected chi connectivity index (χ1v) is 9.46. The molecule has 27 heavy (non-hydrogen) atoms. The van der Waals surface area contributed by atoms with Crippen molar-refractivity contribution in [3.8, 4) is 10.6 Å². The lowest BCUT2D eigenvalue weighted by Gasteiger charge is -2.17. The van der Waals surface area contributed by atoms with Gasteiger partial charge in [0.05, 0.1) is 22.5 Å². The Kier molecular flexibility index (Phi) is 4.27. The monoisotopic (exact) mass is 380 g/mol. The Morgan fingerprint density at radius 2 is 2.11 bits per heavy atom. The number of rotatable bonds is 4. The minimum Gasteiger partial charge on any atom is -0.337 e. The molecule has 0 aromatic carbocycles. The number of nitrogens with zero attached hydrogens (tertiary/aromatic N) is 6. The minimum atomic E-state index is -0.108. The van der Waals surface area contributed by atoms with Crippen molar-refractivity contribution in [2.24, 2.45) is 7.05 Å². The number of amides is 1. The molecule has 0 aliphatic carbocycles. The van der Waals surface area contributed by atoms with Crippen LogP contribution in [0, 0.1) is 13.8 Å². The highest BCUT2D eigenvalue weighted by Gasteiger charge is 2.21. The first-order valence-electron chi connectivity index (χ1n) is 8.58. The number of aromatic nitrogens is 5. The van der Waals surface area contributed by atoms with Gasteiger partial charge in [0.25, 0.3) is 5.91 Å². The zero-order valence-electron chi connectivity index (χ0n) is 15.7. The van der Waals surface area contributed by atoms with Gasteiger partial charge in [0.1, 0.15) is 5.56 Å². The minimum absolute atomic E-state index is 0.108. The van der Waals surface area contributed by atoms with Gasteiger partial charge in [0, 0.05) is 38.1 Å². The van der Waals surface area contributed by atoms with E-state index >= 15 is 0 Å². The predicted molar refractivity (Wildman–Crippen MR) is 105 cm³/mol. The highest BCUT2D eigenvalue weighted by Crippen LogP contribution is 2.25. The number of hydrogen-bond acceptors (Lipinski definition) is 5. The lowest BCUT2D eigenvalue weighted by atomic mass is 10.1. The summed E-state index contributed by atoms with van der Waals surface area (Å²) in [6.07, 6.45) is 3.32. The van der Waals surface area contributed by atoms with E-state index in [9.17, 15) is 4.79 Å². The molecule has 0 N–H and O–H groups in total. The van der Waals surface area contributed by atoms with Crippen LogP contribution in [0.25, 0.3) is 16.2 Å². The topological polar surface area (TPSA) is 68.3 Å². The normalized spacial score (nSPS) is 11.3. The quantitative estimate of drug-likeness (QED) is 0.546. The zero-order valence-corrected chi connectivity index (χ0v) is 16.5. The van der Waals surface area contributed by atoms with Gasteiger partial charge in [0.2, 0.25) is 0 Å². The number of fused-ring (bicyclic) bond motifs is 1. The van der Waals surface area contributed by atoms with Crippen LogP contribution in [0.2, 0.25) is 0 Å². The van der Waals surface area contributed by atoms with Gasteiger partial charge in [-0.2, -0.15) is 10.2 Å². The third-order valence-corrected chi connectivity index (χ3v) is 5.70. The molecule has 4 rings (SSSR count). The van der Waals surface area contributed by atoms with Gasteiger partial charge >= 0.3 is 0 Å². The molecule has 4 heterocycles. The third kappa shape index (κ3) is 2.91. The lowest BCUT2D eigenvalue weighted by Crippen LogP contribution is -2.26. The second kappa shape index (κ2) is 6.62. The van der Waals surface area contributed by atoms with Crippen LogP contribution in [0.4, 0.5) is 0 Å². The number of carbonyl (C=O) groups excluding carboxylic acids is 1. The van der Waals surface area contributed by atoms with E-state index < -0.39 is 0 Å². The molecular formula is C19H20N6OS. The first-order chi connectivity index (χ1) is 13.0. The Hall–Kier alpha value is -3.00. The van der Waals surface area contributed by atoms with Gasteiger partial charge in [-0.1, -0.05) is 6.07 Å². The molecule has 4 aromatic heterocycles. The first kappa shape index (κ1) is 17.4. The van der Waals surface area contributed by atoms with Gasteiger partial charge in [-0.25, -0.2) is 9.50 Å². The van der Waals surface area contributed by atoms with Crippen molar-refractivity contribution in [2.75, 3.05) is 7.05 Å². The lowest BCUT2D eigenvalue weighted by molar-refractivity contribution is 0.0786. The average molecular weight is 380 g/mol. The molecule has 1 amide bonds. The maximum absolute atomic E-state index is 13.1. The molecule has 0 unspecified atom stereocenters. The van der Waals surface area contributed by atoms with E-state index in [4.69, 9.17) is 0 Å². The number of aryl methyl sites for hydroxylation is 2. The van der Waals surface area contributed by atoms with Crippen molar-refractivity contribution in [1.82, 2.24) is 29.3 Å². The molecule has 0 saturated heterocycles. The molecule has 0 bridgehead atoms. The maximum Gasteiger partial charge on any atom is 0.259 e. The van der Waals surface area contributed by atoms with Crippen LogP contribution in [0.3, 0.4) is 0 Å². The van der Waals surface area contributed by atoms with Crippen molar-refractivity contribution < 1.29 is 4.79 Å². The molecule has 7 nitrogen and oxygen atoms in total. The predicted octanol–water partition coefficient (Wildman–Crippen LogP) is 3.08. The molecular weight excluding hydrogens is 360 g/mol. The Morgan fingerprint density at radius 1 is 1.30 bits per heavy atom. The molecule has 0 spiro atoms. The number of carbonyl (C=O) groups is 1. The van der Waals surface area contributed by atoms with Crippen LogP contribution in [0.5, 0.6) is 0 Å². The van der Waals surface area contributed by atoms with Gasteiger partial charge in [0.15, 0.2) is 5.65 Å². The molecule has 8 heteroatoms. The van der Waals surface area contributed by atoms with Gasteiger partial charge < -0.3 is 4.90 Å². The fraction of sp³-hybridized carbons (Fsp3) is 0.263. The molecule has 0 radical (unpaired) electrons. The third-order valence-electron chi connectivity index (χ3n) is 4.81. The van der Waals surface area contributed by atoms with Crippen LogP contribution < -0.4 is 0 Å². The highest BCUT2D eigenvalue weighted by molar-refractivity contribution is 7.13. The van der Waals surface area contributed by atoms with Crippen molar-refractivity contribution in [1.29, 1.82) is 0 Å². The van der Waals surface area contributed by atoms with Crippen LogP contribution in [-0.4, -0.2) is 42.2 Å². The van der Waals surface area contributed by atoms with Gasteiger partial charge in [-0.05, 0) is 31.4 Å². The van der Waals surface area contributed by atoms with Crippen LogP contribution >= 0.6 is 11.3 Å². The summed E-state index contributed by atoms with van der Waals surface area (Å²) < 4.78 is 3.57. The Balaban J connectivity index is 1.68. The van der Waals surface area contributed by atoms with Crippen molar-refractivity contribution in [3.05, 3.63) is 58.5 Å². The molecule has 138 valence electrons. The summed E-state index contributed by atoms with van der Waals surface area (Å²) in [6.45, 7) is 4.47. The average Bonchev–Trinajstić information content (AvgIpc) is 3.37. The fourth-order valence-corrected chi connectivity index (χ4v) is 3.95. The summed E-state index contributed by atoms with van der Waals surface area (Å²) in [6, 6.07) is 5.93. The van der Waals surface area contributed by atoms with Crippen molar-refractivity contribution in [3.63, 3.8) is 0 Å². The van der Waals surface area contributed by atoms with E-state index in [-0.39, 0.29) is 5.91 Å². The SMILES string of the molecule is Cc1nn(C)c(C)c1CN(C)C(=O)c1cnn2c(-c3cccs3)ccnc12. The largest absolute Gasteiger partial charge is 0.337 e. The van der Waals surface area contributed by atoms with E-state index in [0.29, 0.717) is 17.8 Å². The Bertz CT molecular complexity index is 1120. The van der Waals surface area contributed by atoms with Crippen molar-refractivity contribution >= 4 is 22.9 Å². The summed E-state index contributed by atoms with van der Waals surface area (Å²) in [5.41, 5.74) is 5.05. The second-order valence-corrected chi connectivity index (χ2v) is 7.48. The summed E-state index contributed by atoms with van der Waals surface area (Å²) in [5, 5.41) is 10.9. The van der Waals surface area contributed by atoms with Crippen LogP contribution in [0.15, 0.2) is 36.0 Å². The molecule has 0 saturated carbocycles. The van der Waals surface area contributed by atoms with E-state index in [1.165, 1.54) is 0 Å². The van der Waals surface area contributed by atoms with Gasteiger partial charge in [-0.3, -0.25) is 9.48 Å². The molecule has 0 aliphatic heterocycles. The van der Waals surface area contributed by atoms with Crippen LogP contribution in [0.1, 0.15) is 27.3 Å². The maximum atomic E-state index is 13.1. The second-order valence-electron chi connectivity index (χ2n) is 6.54. The van der Waals surface area contributed by atoms with Gasteiger partial charge in [-0.15, -0.1) is 11.3 Å². The van der Waals surface area contributed by atoms with E-state index in [1.54, 1.807) is 40.2 Å². The number of hydrogen-bond donors (Lipinski definition) is 0. The zero-order chi connectivity index (χ0) is 19.1. The summed E-state index contributed by atoms with van der Waals surface area (Å²) in [4.78, 5) is 20.2. The smallest absolute Gasteiger partial charge is 0.259 e. The standard InChI is InChI=1S/C19H20N6OS/c1-12-15(13(2)24(4)22-12)11-23(3)19(26)14-10-21-25-16(7-8-20-18(14)25)17-6-5-9-27-17/h5-10H,11H2,1-4H3. The molecule has 0 fully saturated rings. The van der Waals surface area contributed by atoms with Crippen molar-refractivity contribution in [2.45, 2.75) is 20.4 Å². The molecule has 0 aliphatic rings. The fourth-order valence-electron chi connectivity index (χ4n) is 3.21. The van der Waals surface area contributed by atoms with Crippen LogP contribution in [-0.2, 0) is 13.6 Å². The number of thiophene rings is 1. The highest BCUT2D eigenvalue weighted by atomic mass is 32.1. The summed E-state index contributed by atoms with van der Waals surface area (Å²) in [7, 11) is 3.70. The Labute approximate surface area is 160 Å². The molecule has 4 aromatic rings. The Morgan fingerprint density at radius 3 is 2.78 bits per heavy atom. The van der Waals surface area contributed by atoms with E-state index in [0.717, 1.165) is 27.5 Å². The van der Waals surface area contributed by atoms with E-state index in [2.05, 4.69) is 15.2 Å². The summed E-state index contributed by atoms with van der Waals surface area (Å²) in [5.74, 6) is -0.108.